The molecule has 0 amide bonds. The van der Waals surface area contributed by atoms with Crippen LogP contribution in [0.15, 0.2) is 72.8 Å². The van der Waals surface area contributed by atoms with E-state index in [2.05, 4.69) is 35.3 Å². The number of hydrogen-bond donors (Lipinski definition) is 2. The molecule has 3 aromatic rings. The van der Waals surface area contributed by atoms with Crippen LogP contribution in [0.4, 0.5) is 5.69 Å². The van der Waals surface area contributed by atoms with E-state index >= 15 is 0 Å². The van der Waals surface area contributed by atoms with Crippen molar-refractivity contribution in [2.75, 3.05) is 37.6 Å². The molecule has 0 spiro atoms. The van der Waals surface area contributed by atoms with Crippen LogP contribution in [-0.2, 0) is 28.6 Å². The first-order chi connectivity index (χ1) is 24.6. The van der Waals surface area contributed by atoms with E-state index < -0.39 is 29.6 Å². The van der Waals surface area contributed by atoms with Gasteiger partial charge in [-0.15, -0.1) is 0 Å². The van der Waals surface area contributed by atoms with E-state index in [1.807, 2.05) is 91.5 Å². The Hall–Kier alpha value is -4.54. The van der Waals surface area contributed by atoms with Gasteiger partial charge in [-0.3, -0.25) is 9.59 Å². The predicted octanol–water partition coefficient (Wildman–Crippen LogP) is 7.22. The number of methoxy groups -OCH3 is 1. The van der Waals surface area contributed by atoms with Gasteiger partial charge < -0.3 is 29.4 Å². The van der Waals surface area contributed by atoms with E-state index in [1.54, 1.807) is 0 Å². The van der Waals surface area contributed by atoms with Gasteiger partial charge in [0.25, 0.3) is 0 Å². The third-order valence-electron chi connectivity index (χ3n) is 8.07. The van der Waals surface area contributed by atoms with Gasteiger partial charge in [-0.1, -0.05) is 65.6 Å². The number of aliphatic hydroxyl groups is 1. The Kier molecular flexibility index (Phi) is 17.3. The topological polar surface area (TPSA) is 111 Å². The highest BCUT2D eigenvalue weighted by Gasteiger charge is 2.27. The van der Waals surface area contributed by atoms with Gasteiger partial charge in [-0.25, -0.2) is 0 Å². The Labute approximate surface area is 307 Å². The van der Waals surface area contributed by atoms with Crippen LogP contribution >= 0.6 is 11.8 Å². The minimum atomic E-state index is -1.67. The minimum absolute atomic E-state index is 0.141. The Balaban J connectivity index is 1.88. The third kappa shape index (κ3) is 14.7. The van der Waals surface area contributed by atoms with Gasteiger partial charge in [0.05, 0.1) is 12.6 Å². The average molecular weight is 712 g/mol. The quantitative estimate of drug-likeness (QED) is 0.0612. The molecule has 3 rings (SSSR count). The normalized spacial score (nSPS) is 13.5. The molecule has 9 heteroatoms. The van der Waals surface area contributed by atoms with Gasteiger partial charge in [0.1, 0.15) is 19.0 Å². The maximum atomic E-state index is 12.8. The lowest BCUT2D eigenvalue weighted by Gasteiger charge is -2.27. The largest absolute Gasteiger partial charge is 0.462 e. The molecule has 0 heterocycles. The van der Waals surface area contributed by atoms with Crippen molar-refractivity contribution in [2.24, 2.45) is 5.92 Å². The smallest absolute Gasteiger partial charge is 0.303 e. The minimum Gasteiger partial charge on any atom is -0.462 e. The summed E-state index contributed by atoms with van der Waals surface area (Å²) in [6.45, 7) is 4.18. The zero-order chi connectivity index (χ0) is 37.1. The molecular formula is C42H49NO7S. The molecule has 0 saturated carbocycles. The number of carbonyl (C=O) groups excluding carboxylic acids is 3. The number of nitrogens with one attached hydrogen (secondary N) is 1. The first kappa shape index (κ1) is 40.9. The predicted molar refractivity (Wildman–Crippen MR) is 203 cm³/mol. The SMILES string of the molecule is COCC(O)(C#Cc1ccc(C(Nc2ccc(C#CCCCCSC)cc2)[C@H](C=O)CCC(OC(C)=O)c2ccc(C)cc2)cc1)COC(C)=O. The summed E-state index contributed by atoms with van der Waals surface area (Å²) >= 11 is 1.85. The second-order valence-electron chi connectivity index (χ2n) is 12.5. The molecule has 4 atom stereocenters. The zero-order valence-electron chi connectivity index (χ0n) is 30.2. The lowest BCUT2D eigenvalue weighted by Crippen LogP contribution is -2.38. The number of benzene rings is 3. The van der Waals surface area contributed by atoms with E-state index in [0.29, 0.717) is 18.4 Å². The van der Waals surface area contributed by atoms with E-state index in [4.69, 9.17) is 14.2 Å². The van der Waals surface area contributed by atoms with E-state index in [-0.39, 0.29) is 19.2 Å². The summed E-state index contributed by atoms with van der Waals surface area (Å²) in [5, 5.41) is 14.4. The number of anilines is 1. The van der Waals surface area contributed by atoms with E-state index in [0.717, 1.165) is 59.2 Å². The first-order valence-corrected chi connectivity index (χ1v) is 18.5. The number of hydrogen-bond acceptors (Lipinski definition) is 9. The molecule has 270 valence electrons. The summed E-state index contributed by atoms with van der Waals surface area (Å²) in [6, 6.07) is 22.7. The molecule has 0 aliphatic rings. The fraction of sp³-hybridized carbons (Fsp3) is 0.405. The fourth-order valence-electron chi connectivity index (χ4n) is 5.36. The van der Waals surface area contributed by atoms with Crippen LogP contribution in [0.1, 0.15) is 85.9 Å². The molecule has 3 aromatic carbocycles. The molecule has 0 fully saturated rings. The molecule has 0 aliphatic heterocycles. The highest BCUT2D eigenvalue weighted by Crippen LogP contribution is 2.33. The second-order valence-corrected chi connectivity index (χ2v) is 13.4. The molecule has 3 unspecified atom stereocenters. The van der Waals surface area contributed by atoms with Crippen LogP contribution in [0, 0.1) is 36.5 Å². The van der Waals surface area contributed by atoms with Crippen LogP contribution in [0.5, 0.6) is 0 Å². The molecule has 0 saturated heterocycles. The Morgan fingerprint density at radius 1 is 0.882 bits per heavy atom. The molecular weight excluding hydrogens is 663 g/mol. The summed E-state index contributed by atoms with van der Waals surface area (Å²) in [4.78, 5) is 36.1. The van der Waals surface area contributed by atoms with Crippen LogP contribution in [0.3, 0.4) is 0 Å². The van der Waals surface area contributed by atoms with Crippen molar-refractivity contribution in [2.45, 2.75) is 70.6 Å². The average Bonchev–Trinajstić information content (AvgIpc) is 3.12. The van der Waals surface area contributed by atoms with Crippen molar-refractivity contribution in [3.8, 4) is 23.7 Å². The summed E-state index contributed by atoms with van der Waals surface area (Å²) in [5.41, 5.74) is 3.50. The van der Waals surface area contributed by atoms with Crippen LogP contribution in [0.2, 0.25) is 0 Å². The van der Waals surface area contributed by atoms with Crippen molar-refractivity contribution in [3.05, 3.63) is 101 Å². The zero-order valence-corrected chi connectivity index (χ0v) is 31.0. The molecule has 0 bridgehead atoms. The number of ether oxygens (including phenoxy) is 3. The third-order valence-corrected chi connectivity index (χ3v) is 8.77. The van der Waals surface area contributed by atoms with Gasteiger partial charge in [0.2, 0.25) is 0 Å². The first-order valence-electron chi connectivity index (χ1n) is 17.1. The molecule has 0 radical (unpaired) electrons. The van der Waals surface area contributed by atoms with Gasteiger partial charge in [0.15, 0.2) is 5.60 Å². The molecule has 51 heavy (non-hydrogen) atoms. The fourth-order valence-corrected chi connectivity index (χ4v) is 5.85. The standard InChI is InChI=1S/C42H49NO7S/c1-31-11-17-36(18-12-31)40(50-33(3)46)24-21-38(28-44)41(43-39-22-15-34(16-23-39)10-8-6-7-9-27-51-5)37-19-13-35(14-20-37)25-26-42(47,29-48-4)30-49-32(2)45/h11-20,22-23,28,38,40-41,43,47H,6-7,9,21,24,27,29-30H2,1-5H3/t38-,40?,41?,42?/m0/s1. The molecule has 2 N–H and O–H groups in total. The molecule has 0 aliphatic carbocycles. The van der Waals surface area contributed by atoms with Gasteiger partial charge in [0, 0.05) is 50.1 Å². The maximum absolute atomic E-state index is 12.8. The summed E-state index contributed by atoms with van der Waals surface area (Å²) < 4.78 is 15.8. The highest BCUT2D eigenvalue weighted by molar-refractivity contribution is 7.98. The van der Waals surface area contributed by atoms with Crippen LogP contribution in [-0.4, -0.2) is 61.3 Å². The van der Waals surface area contributed by atoms with Crippen molar-refractivity contribution in [1.82, 2.24) is 0 Å². The van der Waals surface area contributed by atoms with Crippen LogP contribution in [0.25, 0.3) is 0 Å². The van der Waals surface area contributed by atoms with Gasteiger partial charge in [-0.2, -0.15) is 11.8 Å². The maximum Gasteiger partial charge on any atom is 0.303 e. The number of esters is 2. The lowest BCUT2D eigenvalue weighted by molar-refractivity contribution is -0.148. The summed E-state index contributed by atoms with van der Waals surface area (Å²) in [7, 11) is 1.43. The second kappa shape index (κ2) is 21.6. The Morgan fingerprint density at radius 2 is 1.53 bits per heavy atom. The number of thioether (sulfide) groups is 1. The number of rotatable bonds is 18. The van der Waals surface area contributed by atoms with Crippen molar-refractivity contribution >= 4 is 35.7 Å². The number of carbonyl (C=O) groups is 3. The highest BCUT2D eigenvalue weighted by atomic mass is 32.2. The number of aldehydes is 1. The lowest BCUT2D eigenvalue weighted by atomic mass is 9.87. The van der Waals surface area contributed by atoms with Crippen LogP contribution < -0.4 is 5.32 Å². The number of aryl methyl sites for hydroxylation is 1. The Bertz CT molecular complexity index is 1670. The van der Waals surface area contributed by atoms with E-state index in [9.17, 15) is 19.5 Å². The van der Waals surface area contributed by atoms with Gasteiger partial charge in [-0.05, 0) is 92.1 Å². The molecule has 0 aromatic heterocycles. The van der Waals surface area contributed by atoms with E-state index in [1.165, 1.54) is 21.0 Å². The number of unbranched alkanes of at least 4 members (excludes halogenated alkanes) is 2. The molecule has 8 nitrogen and oxygen atoms in total. The Morgan fingerprint density at radius 3 is 2.14 bits per heavy atom. The van der Waals surface area contributed by atoms with Gasteiger partial charge >= 0.3 is 11.9 Å². The monoisotopic (exact) mass is 711 g/mol. The van der Waals surface area contributed by atoms with Crippen molar-refractivity contribution in [3.63, 3.8) is 0 Å². The van der Waals surface area contributed by atoms with Crippen molar-refractivity contribution in [1.29, 1.82) is 0 Å². The van der Waals surface area contributed by atoms with Crippen molar-refractivity contribution < 1.29 is 33.7 Å². The summed E-state index contributed by atoms with van der Waals surface area (Å²) in [6.07, 6.45) is 6.54. The summed E-state index contributed by atoms with van der Waals surface area (Å²) in [5.74, 6) is 12.0.